The van der Waals surface area contributed by atoms with Gasteiger partial charge in [-0.2, -0.15) is 0 Å². The maximum Gasteiger partial charge on any atom is 0.158 e. The Morgan fingerprint density at radius 1 is 1.00 bits per heavy atom. The fourth-order valence-electron chi connectivity index (χ4n) is 3.52. The number of aromatic nitrogens is 3. The molecule has 8 heteroatoms. The van der Waals surface area contributed by atoms with Gasteiger partial charge in [0.25, 0.3) is 0 Å². The van der Waals surface area contributed by atoms with Crippen LogP contribution >= 0.6 is 11.6 Å². The molecule has 2 aromatic heterocycles. The normalized spacial score (nSPS) is 11.0. The van der Waals surface area contributed by atoms with Crippen LogP contribution in [0.2, 0.25) is 5.02 Å². The van der Waals surface area contributed by atoms with Gasteiger partial charge < -0.3 is 20.8 Å². The SMILES string of the molecule is Nc1cccc(-c2cc3ncnc(Nc4ccc(OCc5cccc(F)c5)c(Cl)c4)c3[nH]2)c1. The van der Waals surface area contributed by atoms with Crippen LogP contribution in [-0.2, 0) is 6.61 Å². The number of anilines is 3. The number of nitrogens with two attached hydrogens (primary N) is 1. The predicted molar refractivity (Wildman–Crippen MR) is 129 cm³/mol. The molecule has 0 amide bonds. The average Bonchev–Trinajstić information content (AvgIpc) is 3.24. The van der Waals surface area contributed by atoms with Gasteiger partial charge in [-0.25, -0.2) is 14.4 Å². The van der Waals surface area contributed by atoms with Gasteiger partial charge in [-0.05, 0) is 54.1 Å². The lowest BCUT2D eigenvalue weighted by Gasteiger charge is -2.11. The first-order valence-corrected chi connectivity index (χ1v) is 10.6. The van der Waals surface area contributed by atoms with E-state index in [-0.39, 0.29) is 12.4 Å². The minimum Gasteiger partial charge on any atom is -0.487 e. The molecule has 0 atom stereocenters. The van der Waals surface area contributed by atoms with Crippen LogP contribution in [0, 0.1) is 5.82 Å². The average molecular weight is 460 g/mol. The summed E-state index contributed by atoms with van der Waals surface area (Å²) in [6.45, 7) is 0.214. The topological polar surface area (TPSA) is 88.8 Å². The van der Waals surface area contributed by atoms with Gasteiger partial charge in [0, 0.05) is 22.6 Å². The van der Waals surface area contributed by atoms with Crippen molar-refractivity contribution in [3.8, 4) is 17.0 Å². The van der Waals surface area contributed by atoms with Gasteiger partial charge in [-0.3, -0.25) is 0 Å². The summed E-state index contributed by atoms with van der Waals surface area (Å²) in [5, 5.41) is 3.70. The first-order chi connectivity index (χ1) is 16.0. The zero-order chi connectivity index (χ0) is 22.8. The van der Waals surface area contributed by atoms with Crippen LogP contribution in [0.5, 0.6) is 5.75 Å². The van der Waals surface area contributed by atoms with E-state index in [0.29, 0.717) is 22.3 Å². The van der Waals surface area contributed by atoms with E-state index >= 15 is 0 Å². The zero-order valence-electron chi connectivity index (χ0n) is 17.3. The lowest BCUT2D eigenvalue weighted by Crippen LogP contribution is -1.98. The molecule has 0 aliphatic heterocycles. The third-order valence-corrected chi connectivity index (χ3v) is 5.39. The maximum absolute atomic E-state index is 13.4. The monoisotopic (exact) mass is 459 g/mol. The Morgan fingerprint density at radius 3 is 2.70 bits per heavy atom. The van der Waals surface area contributed by atoms with Crippen molar-refractivity contribution in [3.05, 3.63) is 95.5 Å². The van der Waals surface area contributed by atoms with Crippen molar-refractivity contribution in [2.45, 2.75) is 6.61 Å². The number of H-pyrrole nitrogens is 1. The van der Waals surface area contributed by atoms with Crippen LogP contribution in [0.15, 0.2) is 79.1 Å². The van der Waals surface area contributed by atoms with E-state index in [1.165, 1.54) is 18.5 Å². The van der Waals surface area contributed by atoms with Crippen molar-refractivity contribution in [2.75, 3.05) is 11.1 Å². The third kappa shape index (κ3) is 4.58. The molecule has 0 aliphatic rings. The highest BCUT2D eigenvalue weighted by atomic mass is 35.5. The zero-order valence-corrected chi connectivity index (χ0v) is 18.1. The lowest BCUT2D eigenvalue weighted by molar-refractivity contribution is 0.306. The van der Waals surface area contributed by atoms with Gasteiger partial charge in [-0.15, -0.1) is 0 Å². The molecule has 6 nitrogen and oxygen atoms in total. The van der Waals surface area contributed by atoms with Crippen LogP contribution in [0.3, 0.4) is 0 Å². The van der Waals surface area contributed by atoms with E-state index in [1.54, 1.807) is 24.3 Å². The van der Waals surface area contributed by atoms with Gasteiger partial charge in [-0.1, -0.05) is 35.9 Å². The Labute approximate surface area is 194 Å². The largest absolute Gasteiger partial charge is 0.487 e. The number of hydrogen-bond acceptors (Lipinski definition) is 5. The van der Waals surface area contributed by atoms with Crippen molar-refractivity contribution in [1.29, 1.82) is 0 Å². The van der Waals surface area contributed by atoms with Crippen LogP contribution in [-0.4, -0.2) is 15.0 Å². The molecule has 0 radical (unpaired) electrons. The molecule has 33 heavy (non-hydrogen) atoms. The highest BCUT2D eigenvalue weighted by Crippen LogP contribution is 2.32. The van der Waals surface area contributed by atoms with Crippen molar-refractivity contribution in [1.82, 2.24) is 15.0 Å². The second kappa shape index (κ2) is 8.80. The van der Waals surface area contributed by atoms with Crippen LogP contribution in [0.1, 0.15) is 5.56 Å². The number of aromatic amines is 1. The smallest absolute Gasteiger partial charge is 0.158 e. The third-order valence-electron chi connectivity index (χ3n) is 5.09. The highest BCUT2D eigenvalue weighted by Gasteiger charge is 2.11. The molecule has 2 heterocycles. The molecule has 5 aromatic rings. The number of benzene rings is 3. The Balaban J connectivity index is 1.36. The fraction of sp³-hybridized carbons (Fsp3) is 0.0400. The number of hydrogen-bond donors (Lipinski definition) is 3. The van der Waals surface area contributed by atoms with Gasteiger partial charge in [0.15, 0.2) is 5.82 Å². The Bertz CT molecular complexity index is 1450. The number of ether oxygens (including phenoxy) is 1. The van der Waals surface area contributed by atoms with Crippen molar-refractivity contribution >= 4 is 39.8 Å². The summed E-state index contributed by atoms with van der Waals surface area (Å²) in [7, 11) is 0. The summed E-state index contributed by atoms with van der Waals surface area (Å²) < 4.78 is 19.1. The summed E-state index contributed by atoms with van der Waals surface area (Å²) in [5.74, 6) is 0.809. The van der Waals surface area contributed by atoms with Crippen molar-refractivity contribution in [3.63, 3.8) is 0 Å². The molecular weight excluding hydrogens is 441 g/mol. The van der Waals surface area contributed by atoms with Gasteiger partial charge in [0.05, 0.1) is 10.5 Å². The molecule has 3 aromatic carbocycles. The van der Waals surface area contributed by atoms with E-state index in [0.717, 1.165) is 33.5 Å². The Morgan fingerprint density at radius 2 is 1.88 bits per heavy atom. The quantitative estimate of drug-likeness (QED) is 0.258. The molecule has 0 unspecified atom stereocenters. The van der Waals surface area contributed by atoms with Crippen LogP contribution < -0.4 is 15.8 Å². The second-order valence-corrected chi connectivity index (χ2v) is 7.89. The summed E-state index contributed by atoms with van der Waals surface area (Å²) in [4.78, 5) is 12.1. The summed E-state index contributed by atoms with van der Waals surface area (Å²) in [6, 6.07) is 21.2. The minimum absolute atomic E-state index is 0.214. The molecule has 0 bridgehead atoms. The number of nitrogens with one attached hydrogen (secondary N) is 2. The number of halogens is 2. The summed E-state index contributed by atoms with van der Waals surface area (Å²) in [5.41, 5.74) is 11.4. The maximum atomic E-state index is 13.4. The molecule has 4 N–H and O–H groups in total. The van der Waals surface area contributed by atoms with E-state index in [4.69, 9.17) is 22.1 Å². The predicted octanol–water partition coefficient (Wildman–Crippen LogP) is 6.32. The fourth-order valence-corrected chi connectivity index (χ4v) is 3.75. The van der Waals surface area contributed by atoms with Gasteiger partial charge >= 0.3 is 0 Å². The number of fused-ring (bicyclic) bond motifs is 1. The van der Waals surface area contributed by atoms with Crippen LogP contribution in [0.25, 0.3) is 22.3 Å². The second-order valence-electron chi connectivity index (χ2n) is 7.48. The van der Waals surface area contributed by atoms with E-state index in [9.17, 15) is 4.39 Å². The van der Waals surface area contributed by atoms with E-state index in [2.05, 4.69) is 20.3 Å². The number of nitrogens with zero attached hydrogens (tertiary/aromatic N) is 2. The summed E-state index contributed by atoms with van der Waals surface area (Å²) >= 11 is 6.42. The van der Waals surface area contributed by atoms with Gasteiger partial charge in [0.2, 0.25) is 0 Å². The molecule has 0 saturated carbocycles. The van der Waals surface area contributed by atoms with Crippen molar-refractivity contribution < 1.29 is 9.13 Å². The number of nitrogen functional groups attached to an aromatic ring is 1. The highest BCUT2D eigenvalue weighted by molar-refractivity contribution is 6.32. The molecule has 0 fully saturated rings. The number of rotatable bonds is 6. The van der Waals surface area contributed by atoms with Crippen LogP contribution in [0.4, 0.5) is 21.6 Å². The Hall–Kier alpha value is -4.10. The Kier molecular flexibility index (Phi) is 5.54. The van der Waals surface area contributed by atoms with E-state index in [1.807, 2.05) is 36.4 Å². The van der Waals surface area contributed by atoms with E-state index < -0.39 is 0 Å². The minimum atomic E-state index is -0.305. The molecule has 0 saturated heterocycles. The molecule has 0 spiro atoms. The molecule has 5 rings (SSSR count). The summed E-state index contributed by atoms with van der Waals surface area (Å²) in [6.07, 6.45) is 1.50. The first-order valence-electron chi connectivity index (χ1n) is 10.2. The molecular formula is C25H19ClFN5O. The molecule has 164 valence electrons. The first kappa shape index (κ1) is 20.8. The van der Waals surface area contributed by atoms with Gasteiger partial charge in [0.1, 0.15) is 30.0 Å². The standard InChI is InChI=1S/C25H19ClFN5O/c26-20-11-19(7-8-23(20)33-13-15-3-1-5-17(27)9-15)31-25-24-22(29-14-30-25)12-21(32-24)16-4-2-6-18(28)10-16/h1-12,14,32H,13,28H2,(H,29,30,31). The lowest BCUT2D eigenvalue weighted by atomic mass is 10.1. The molecule has 0 aliphatic carbocycles. The van der Waals surface area contributed by atoms with Crippen molar-refractivity contribution in [2.24, 2.45) is 0 Å².